The quantitative estimate of drug-likeness (QED) is 0.478. The lowest BCUT2D eigenvalue weighted by molar-refractivity contribution is -0.113. The molecular weight excluding hydrogens is 172 g/mol. The Balaban J connectivity index is 3.49. The molecule has 0 atom stereocenters. The summed E-state index contributed by atoms with van der Waals surface area (Å²) in [5.41, 5.74) is 0. The summed E-state index contributed by atoms with van der Waals surface area (Å²) in [4.78, 5) is 12.5. The summed E-state index contributed by atoms with van der Waals surface area (Å²) in [6.07, 6.45) is 1.89. The molecule has 4 heteroatoms. The maximum atomic E-state index is 10.2. The van der Waals surface area contributed by atoms with Gasteiger partial charge in [0.1, 0.15) is 0 Å². The summed E-state index contributed by atoms with van der Waals surface area (Å²) in [5.74, 6) is 0. The van der Waals surface area contributed by atoms with Gasteiger partial charge in [0.15, 0.2) is 0 Å². The van der Waals surface area contributed by atoms with Crippen molar-refractivity contribution >= 4 is 19.2 Å². The first-order valence-corrected chi connectivity index (χ1v) is 4.77. The number of carbonyl (C=O) groups is 1. The predicted octanol–water partition coefficient (Wildman–Crippen LogP) is 1.02. The molecule has 0 aromatic rings. The maximum Gasteiger partial charge on any atom is 0.219 e. The summed E-state index contributed by atoms with van der Waals surface area (Å²) < 4.78 is 1.37. The molecule has 0 N–H and O–H groups in total. The van der Waals surface area contributed by atoms with Crippen LogP contribution in [0.4, 0.5) is 0 Å². The number of nitrogens with zero attached hydrogens (tertiary/aromatic N) is 2. The standard InChI is InChI=1S/C8H18N2OS/c1-3-5-9(4-2)6-7-10(12)8-11/h8,12H,3-7H2,1-2H3. The first-order valence-electron chi connectivity index (χ1n) is 4.37. The highest BCUT2D eigenvalue weighted by Crippen LogP contribution is 1.93. The van der Waals surface area contributed by atoms with E-state index in [0.717, 1.165) is 32.5 Å². The highest BCUT2D eigenvalue weighted by Gasteiger charge is 2.01. The van der Waals surface area contributed by atoms with Gasteiger partial charge in [-0.2, -0.15) is 0 Å². The minimum absolute atomic E-state index is 0.695. The molecule has 3 nitrogen and oxygen atoms in total. The molecule has 0 saturated carbocycles. The van der Waals surface area contributed by atoms with Crippen molar-refractivity contribution in [3.05, 3.63) is 0 Å². The van der Waals surface area contributed by atoms with Crippen molar-refractivity contribution in [3.8, 4) is 0 Å². The number of hydrogen-bond donors (Lipinski definition) is 1. The molecule has 0 aromatic carbocycles. The van der Waals surface area contributed by atoms with E-state index in [1.807, 2.05) is 0 Å². The van der Waals surface area contributed by atoms with E-state index in [-0.39, 0.29) is 0 Å². The number of rotatable bonds is 7. The summed E-state index contributed by atoms with van der Waals surface area (Å²) in [7, 11) is 0. The van der Waals surface area contributed by atoms with Crippen LogP contribution in [0.15, 0.2) is 0 Å². The normalized spacial score (nSPS) is 10.3. The van der Waals surface area contributed by atoms with Gasteiger partial charge >= 0.3 is 0 Å². The second-order valence-electron chi connectivity index (χ2n) is 2.70. The lowest BCUT2D eigenvalue weighted by atomic mass is 10.4. The van der Waals surface area contributed by atoms with Gasteiger partial charge in [-0.25, -0.2) is 0 Å². The third-order valence-electron chi connectivity index (χ3n) is 1.75. The second-order valence-corrected chi connectivity index (χ2v) is 3.22. The smallest absolute Gasteiger partial charge is 0.219 e. The van der Waals surface area contributed by atoms with Gasteiger partial charge in [0.25, 0.3) is 0 Å². The van der Waals surface area contributed by atoms with Gasteiger partial charge < -0.3 is 4.90 Å². The number of hydrogen-bond acceptors (Lipinski definition) is 3. The Kier molecular flexibility index (Phi) is 7.29. The molecule has 0 rings (SSSR count). The molecule has 1 amide bonds. The van der Waals surface area contributed by atoms with Crippen LogP contribution in [0.3, 0.4) is 0 Å². The van der Waals surface area contributed by atoms with Gasteiger partial charge in [0.2, 0.25) is 6.41 Å². The van der Waals surface area contributed by atoms with Crippen LogP contribution in [0.5, 0.6) is 0 Å². The molecule has 0 spiro atoms. The fraction of sp³-hybridized carbons (Fsp3) is 0.875. The molecule has 72 valence electrons. The molecule has 0 aliphatic carbocycles. The van der Waals surface area contributed by atoms with Crippen molar-refractivity contribution in [2.24, 2.45) is 0 Å². The van der Waals surface area contributed by atoms with Crippen LogP contribution in [0.2, 0.25) is 0 Å². The average molecular weight is 190 g/mol. The van der Waals surface area contributed by atoms with Gasteiger partial charge in [0.05, 0.1) is 0 Å². The van der Waals surface area contributed by atoms with E-state index >= 15 is 0 Å². The predicted molar refractivity (Wildman–Crippen MR) is 54.2 cm³/mol. The third kappa shape index (κ3) is 5.43. The van der Waals surface area contributed by atoms with Crippen molar-refractivity contribution in [2.45, 2.75) is 20.3 Å². The van der Waals surface area contributed by atoms with E-state index in [4.69, 9.17) is 0 Å². The van der Waals surface area contributed by atoms with Crippen LogP contribution < -0.4 is 0 Å². The van der Waals surface area contributed by atoms with Crippen molar-refractivity contribution in [1.29, 1.82) is 0 Å². The first-order chi connectivity index (χ1) is 5.74. The molecule has 0 aromatic heterocycles. The van der Waals surface area contributed by atoms with Gasteiger partial charge in [-0.05, 0) is 19.5 Å². The lowest BCUT2D eigenvalue weighted by Gasteiger charge is -2.20. The van der Waals surface area contributed by atoms with E-state index in [1.165, 1.54) is 4.31 Å². The third-order valence-corrected chi connectivity index (χ3v) is 2.05. The number of carbonyl (C=O) groups excluding carboxylic acids is 1. The van der Waals surface area contributed by atoms with Crippen LogP contribution >= 0.6 is 12.8 Å². The van der Waals surface area contributed by atoms with Gasteiger partial charge in [-0.1, -0.05) is 26.7 Å². The number of likely N-dealkylation sites (N-methyl/N-ethyl adjacent to an activating group) is 1. The SMILES string of the molecule is CCCN(CC)CCN(S)C=O. The Morgan fingerprint density at radius 1 is 1.25 bits per heavy atom. The first kappa shape index (κ1) is 11.8. The Labute approximate surface area is 80.3 Å². The fourth-order valence-electron chi connectivity index (χ4n) is 1.04. The summed E-state index contributed by atoms with van der Waals surface area (Å²) >= 11 is 3.95. The molecule has 12 heavy (non-hydrogen) atoms. The molecule has 0 unspecified atom stereocenters. The second kappa shape index (κ2) is 7.43. The summed E-state index contributed by atoms with van der Waals surface area (Å²) in [5, 5.41) is 0. The largest absolute Gasteiger partial charge is 0.302 e. The molecule has 0 saturated heterocycles. The molecule has 0 aliphatic rings. The van der Waals surface area contributed by atoms with Gasteiger partial charge in [0, 0.05) is 13.1 Å². The Morgan fingerprint density at radius 2 is 1.92 bits per heavy atom. The van der Waals surface area contributed by atoms with E-state index in [9.17, 15) is 4.79 Å². The van der Waals surface area contributed by atoms with Crippen LogP contribution in [0.25, 0.3) is 0 Å². The zero-order chi connectivity index (χ0) is 9.40. The minimum Gasteiger partial charge on any atom is -0.302 e. The molecule has 0 radical (unpaired) electrons. The van der Waals surface area contributed by atoms with Crippen LogP contribution in [-0.4, -0.2) is 41.8 Å². The minimum atomic E-state index is 0.695. The Bertz CT molecular complexity index is 122. The van der Waals surface area contributed by atoms with E-state index in [1.54, 1.807) is 0 Å². The zero-order valence-electron chi connectivity index (χ0n) is 7.86. The van der Waals surface area contributed by atoms with Crippen molar-refractivity contribution in [2.75, 3.05) is 26.2 Å². The van der Waals surface area contributed by atoms with Gasteiger partial charge in [-0.3, -0.25) is 9.10 Å². The van der Waals surface area contributed by atoms with Crippen molar-refractivity contribution < 1.29 is 4.79 Å². The maximum absolute atomic E-state index is 10.2. The van der Waals surface area contributed by atoms with E-state index in [0.29, 0.717) is 6.54 Å². The molecule has 0 heterocycles. The molecule has 0 aliphatic heterocycles. The summed E-state index contributed by atoms with van der Waals surface area (Å²) in [6.45, 7) is 8.01. The monoisotopic (exact) mass is 190 g/mol. The average Bonchev–Trinajstić information content (AvgIpc) is 2.11. The lowest BCUT2D eigenvalue weighted by Crippen LogP contribution is -2.31. The van der Waals surface area contributed by atoms with E-state index < -0.39 is 0 Å². The molecular formula is C8H18N2OS. The topological polar surface area (TPSA) is 23.6 Å². The number of amides is 1. The van der Waals surface area contributed by atoms with E-state index in [2.05, 4.69) is 31.6 Å². The van der Waals surface area contributed by atoms with Crippen molar-refractivity contribution in [3.63, 3.8) is 0 Å². The zero-order valence-corrected chi connectivity index (χ0v) is 8.76. The highest BCUT2D eigenvalue weighted by molar-refractivity contribution is 7.78. The van der Waals surface area contributed by atoms with Crippen LogP contribution in [0.1, 0.15) is 20.3 Å². The Morgan fingerprint density at radius 3 is 2.33 bits per heavy atom. The molecule has 0 bridgehead atoms. The number of thiol groups is 1. The highest BCUT2D eigenvalue weighted by atomic mass is 32.1. The summed E-state index contributed by atoms with van der Waals surface area (Å²) in [6, 6.07) is 0. The Hall–Kier alpha value is -0.220. The van der Waals surface area contributed by atoms with Crippen LogP contribution in [0, 0.1) is 0 Å². The van der Waals surface area contributed by atoms with Crippen LogP contribution in [-0.2, 0) is 4.79 Å². The van der Waals surface area contributed by atoms with Gasteiger partial charge in [-0.15, -0.1) is 0 Å². The fourth-order valence-corrected chi connectivity index (χ4v) is 1.13. The van der Waals surface area contributed by atoms with Crippen molar-refractivity contribution in [1.82, 2.24) is 9.21 Å². The molecule has 0 fully saturated rings.